The third kappa shape index (κ3) is 7.07. The number of nitrogens with zero attached hydrogens (tertiary/aromatic N) is 3. The van der Waals surface area contributed by atoms with Gasteiger partial charge in [-0.3, -0.25) is 9.89 Å². The standard InChI is InChI=1S/C14H31N5O/c1-4-15-14(17-7-13-20-3)16-6-8-19-11-9-18(5-2)10-12-19/h4-13H2,1-3H3,(H2,15,16,17). The summed E-state index contributed by atoms with van der Waals surface area (Å²) in [5.74, 6) is 0.886. The number of rotatable bonds is 8. The summed E-state index contributed by atoms with van der Waals surface area (Å²) in [6, 6.07) is 0. The summed E-state index contributed by atoms with van der Waals surface area (Å²) in [6.45, 7) is 14.4. The highest BCUT2D eigenvalue weighted by molar-refractivity contribution is 5.79. The number of aliphatic imine (C=N–C) groups is 1. The Hall–Kier alpha value is -0.850. The Bertz CT molecular complexity index is 264. The van der Waals surface area contributed by atoms with Crippen LogP contribution >= 0.6 is 0 Å². The molecule has 1 rings (SSSR count). The number of hydrogen-bond acceptors (Lipinski definition) is 4. The van der Waals surface area contributed by atoms with Crippen LogP contribution in [0.4, 0.5) is 0 Å². The molecule has 0 aromatic rings. The Morgan fingerprint density at radius 1 is 1.10 bits per heavy atom. The van der Waals surface area contributed by atoms with Crippen molar-refractivity contribution in [3.05, 3.63) is 0 Å². The number of hydrogen-bond donors (Lipinski definition) is 2. The van der Waals surface area contributed by atoms with Crippen molar-refractivity contribution in [2.45, 2.75) is 13.8 Å². The van der Waals surface area contributed by atoms with Crippen molar-refractivity contribution in [3.8, 4) is 0 Å². The first-order valence-corrected chi connectivity index (χ1v) is 7.76. The van der Waals surface area contributed by atoms with E-state index in [1.807, 2.05) is 0 Å². The molecule has 0 radical (unpaired) electrons. The van der Waals surface area contributed by atoms with Gasteiger partial charge < -0.3 is 20.3 Å². The van der Waals surface area contributed by atoms with Crippen LogP contribution in [0, 0.1) is 0 Å². The van der Waals surface area contributed by atoms with E-state index in [2.05, 4.69) is 39.3 Å². The number of likely N-dealkylation sites (N-methyl/N-ethyl adjacent to an activating group) is 1. The highest BCUT2D eigenvalue weighted by atomic mass is 16.5. The molecule has 1 fully saturated rings. The highest BCUT2D eigenvalue weighted by Crippen LogP contribution is 2.00. The van der Waals surface area contributed by atoms with Crippen LogP contribution in [0.5, 0.6) is 0 Å². The fourth-order valence-electron chi connectivity index (χ4n) is 2.25. The zero-order valence-electron chi connectivity index (χ0n) is 13.3. The Balaban J connectivity index is 2.22. The first-order chi connectivity index (χ1) is 9.80. The van der Waals surface area contributed by atoms with Crippen LogP contribution in [-0.4, -0.2) is 88.4 Å². The summed E-state index contributed by atoms with van der Waals surface area (Å²) in [6.07, 6.45) is 0. The van der Waals surface area contributed by atoms with Gasteiger partial charge in [-0.05, 0) is 13.5 Å². The lowest BCUT2D eigenvalue weighted by atomic mass is 10.3. The molecule has 1 aliphatic rings. The lowest BCUT2D eigenvalue weighted by molar-refractivity contribution is 0.140. The molecular formula is C14H31N5O. The third-order valence-electron chi connectivity index (χ3n) is 3.54. The second-order valence-electron chi connectivity index (χ2n) is 4.96. The SMILES string of the molecule is CCNC(=NCCN1CCN(CC)CC1)NCCOC. The minimum Gasteiger partial charge on any atom is -0.383 e. The number of ether oxygens (including phenoxy) is 1. The number of nitrogens with one attached hydrogen (secondary N) is 2. The Kier molecular flexibility index (Phi) is 9.36. The van der Waals surface area contributed by atoms with Crippen molar-refractivity contribution in [3.63, 3.8) is 0 Å². The van der Waals surface area contributed by atoms with E-state index in [0.717, 1.165) is 45.2 Å². The third-order valence-corrected chi connectivity index (χ3v) is 3.54. The average molecular weight is 285 g/mol. The van der Waals surface area contributed by atoms with Crippen LogP contribution in [-0.2, 0) is 4.74 Å². The smallest absolute Gasteiger partial charge is 0.191 e. The van der Waals surface area contributed by atoms with Crippen LogP contribution < -0.4 is 10.6 Å². The normalized spacial score (nSPS) is 18.2. The van der Waals surface area contributed by atoms with Crippen LogP contribution in [0.15, 0.2) is 4.99 Å². The molecule has 0 amide bonds. The summed E-state index contributed by atoms with van der Waals surface area (Å²) >= 11 is 0. The van der Waals surface area contributed by atoms with Gasteiger partial charge in [-0.1, -0.05) is 6.92 Å². The molecule has 0 spiro atoms. The second-order valence-corrected chi connectivity index (χ2v) is 4.96. The Morgan fingerprint density at radius 2 is 1.80 bits per heavy atom. The minimum absolute atomic E-state index is 0.698. The van der Waals surface area contributed by atoms with Crippen LogP contribution in [0.3, 0.4) is 0 Å². The molecule has 0 saturated carbocycles. The topological polar surface area (TPSA) is 52.1 Å². The molecule has 20 heavy (non-hydrogen) atoms. The molecule has 1 aliphatic heterocycles. The Labute approximate surface area is 123 Å². The quantitative estimate of drug-likeness (QED) is 0.368. The fourth-order valence-corrected chi connectivity index (χ4v) is 2.25. The molecule has 0 aromatic heterocycles. The van der Waals surface area contributed by atoms with Gasteiger partial charge in [-0.2, -0.15) is 0 Å². The van der Waals surface area contributed by atoms with E-state index < -0.39 is 0 Å². The van der Waals surface area contributed by atoms with Gasteiger partial charge >= 0.3 is 0 Å². The largest absolute Gasteiger partial charge is 0.383 e. The van der Waals surface area contributed by atoms with E-state index in [-0.39, 0.29) is 0 Å². The van der Waals surface area contributed by atoms with Crippen molar-refractivity contribution in [2.24, 2.45) is 4.99 Å². The first kappa shape index (κ1) is 17.2. The summed E-state index contributed by atoms with van der Waals surface area (Å²) in [7, 11) is 1.71. The number of methoxy groups -OCH3 is 1. The van der Waals surface area contributed by atoms with Crippen molar-refractivity contribution in [1.29, 1.82) is 0 Å². The monoisotopic (exact) mass is 285 g/mol. The maximum absolute atomic E-state index is 5.03. The molecular weight excluding hydrogens is 254 g/mol. The van der Waals surface area contributed by atoms with Gasteiger partial charge in [0.25, 0.3) is 0 Å². The molecule has 0 aromatic carbocycles. The Morgan fingerprint density at radius 3 is 2.40 bits per heavy atom. The van der Waals surface area contributed by atoms with E-state index >= 15 is 0 Å². The molecule has 1 saturated heterocycles. The number of piperazine rings is 1. The van der Waals surface area contributed by atoms with Crippen LogP contribution in [0.2, 0.25) is 0 Å². The zero-order chi connectivity index (χ0) is 14.6. The van der Waals surface area contributed by atoms with Gasteiger partial charge in [0.2, 0.25) is 0 Å². The highest BCUT2D eigenvalue weighted by Gasteiger charge is 2.14. The molecule has 118 valence electrons. The van der Waals surface area contributed by atoms with Crippen LogP contribution in [0.25, 0.3) is 0 Å². The molecule has 0 aliphatic carbocycles. The van der Waals surface area contributed by atoms with Gasteiger partial charge in [0.05, 0.1) is 13.2 Å². The molecule has 2 N–H and O–H groups in total. The van der Waals surface area contributed by atoms with Crippen LogP contribution in [0.1, 0.15) is 13.8 Å². The van der Waals surface area contributed by atoms with E-state index in [9.17, 15) is 0 Å². The predicted molar refractivity (Wildman–Crippen MR) is 84.4 cm³/mol. The number of guanidine groups is 1. The summed E-state index contributed by atoms with van der Waals surface area (Å²) < 4.78 is 5.03. The predicted octanol–water partition coefficient (Wildman–Crippen LogP) is -0.175. The van der Waals surface area contributed by atoms with E-state index in [0.29, 0.717) is 6.61 Å². The lowest BCUT2D eigenvalue weighted by Crippen LogP contribution is -2.47. The molecule has 6 nitrogen and oxygen atoms in total. The molecule has 0 unspecified atom stereocenters. The van der Waals surface area contributed by atoms with Gasteiger partial charge in [0, 0.05) is 52.9 Å². The summed E-state index contributed by atoms with van der Waals surface area (Å²) in [4.78, 5) is 9.59. The lowest BCUT2D eigenvalue weighted by Gasteiger charge is -2.33. The van der Waals surface area contributed by atoms with E-state index in [1.165, 1.54) is 19.6 Å². The molecule has 0 bridgehead atoms. The summed E-state index contributed by atoms with van der Waals surface area (Å²) in [5, 5.41) is 6.51. The zero-order valence-corrected chi connectivity index (χ0v) is 13.3. The van der Waals surface area contributed by atoms with Gasteiger partial charge in [-0.15, -0.1) is 0 Å². The molecule has 6 heteroatoms. The van der Waals surface area contributed by atoms with Crippen molar-refractivity contribution in [2.75, 3.05) is 72.6 Å². The fraction of sp³-hybridized carbons (Fsp3) is 0.929. The van der Waals surface area contributed by atoms with E-state index in [4.69, 9.17) is 4.74 Å². The molecule has 1 heterocycles. The maximum atomic E-state index is 5.03. The summed E-state index contributed by atoms with van der Waals surface area (Å²) in [5.41, 5.74) is 0. The average Bonchev–Trinajstić information content (AvgIpc) is 2.48. The minimum atomic E-state index is 0.698. The van der Waals surface area contributed by atoms with Gasteiger partial charge in [0.15, 0.2) is 5.96 Å². The van der Waals surface area contributed by atoms with Crippen molar-refractivity contribution < 1.29 is 4.74 Å². The maximum Gasteiger partial charge on any atom is 0.191 e. The van der Waals surface area contributed by atoms with Crippen molar-refractivity contribution in [1.82, 2.24) is 20.4 Å². The first-order valence-electron chi connectivity index (χ1n) is 7.76. The van der Waals surface area contributed by atoms with E-state index in [1.54, 1.807) is 7.11 Å². The second kappa shape index (κ2) is 10.9. The van der Waals surface area contributed by atoms with Crippen molar-refractivity contribution >= 4 is 5.96 Å². The molecule has 0 atom stereocenters. The van der Waals surface area contributed by atoms with Gasteiger partial charge in [0.1, 0.15) is 0 Å². The van der Waals surface area contributed by atoms with Gasteiger partial charge in [-0.25, -0.2) is 0 Å².